The second-order valence-corrected chi connectivity index (χ2v) is 9.30. The first-order valence-corrected chi connectivity index (χ1v) is 11.7. The molecule has 1 unspecified atom stereocenters. The number of nitrogens with zero attached hydrogens (tertiary/aromatic N) is 1. The van der Waals surface area contributed by atoms with Gasteiger partial charge in [-0.2, -0.15) is 0 Å². The van der Waals surface area contributed by atoms with E-state index in [1.807, 2.05) is 42.5 Å². The van der Waals surface area contributed by atoms with Crippen LogP contribution in [0.4, 0.5) is 11.4 Å². The molecule has 2 amide bonds. The average Bonchev–Trinajstić information content (AvgIpc) is 3.25. The van der Waals surface area contributed by atoms with Gasteiger partial charge in [0.25, 0.3) is 0 Å². The van der Waals surface area contributed by atoms with Crippen molar-refractivity contribution in [2.24, 2.45) is 0 Å². The Balaban J connectivity index is 1.36. The standard InChI is InChI=1S/C26H22N2O5S/c1-16(29)17-6-9-19(10-7-17)27-25(30)14-28-20-4-2-3-5-23(20)34-24(13-26(28)31)18-8-11-21-22(12-18)33-15-32-21/h2-12,24H,13-15H2,1H3,(H,27,30). The summed E-state index contributed by atoms with van der Waals surface area (Å²) < 4.78 is 10.9. The number of hydrogen-bond acceptors (Lipinski definition) is 6. The number of amides is 2. The molecule has 1 atom stereocenters. The molecule has 0 saturated carbocycles. The molecule has 0 aliphatic carbocycles. The Morgan fingerprint density at radius 3 is 2.59 bits per heavy atom. The Kier molecular flexibility index (Phi) is 5.98. The minimum atomic E-state index is -0.315. The van der Waals surface area contributed by atoms with Gasteiger partial charge in [0.05, 0.1) is 5.69 Å². The third-order valence-corrected chi connectivity index (χ3v) is 7.05. The van der Waals surface area contributed by atoms with Crippen LogP contribution < -0.4 is 19.7 Å². The van der Waals surface area contributed by atoms with Gasteiger partial charge in [0.15, 0.2) is 17.3 Å². The van der Waals surface area contributed by atoms with Gasteiger partial charge in [-0.25, -0.2) is 0 Å². The van der Waals surface area contributed by atoms with E-state index in [2.05, 4.69) is 5.32 Å². The maximum Gasteiger partial charge on any atom is 0.244 e. The molecule has 172 valence electrons. The highest BCUT2D eigenvalue weighted by Gasteiger charge is 2.31. The van der Waals surface area contributed by atoms with E-state index in [9.17, 15) is 14.4 Å². The average molecular weight is 475 g/mol. The smallest absolute Gasteiger partial charge is 0.244 e. The van der Waals surface area contributed by atoms with Crippen molar-refractivity contribution in [2.45, 2.75) is 23.5 Å². The number of para-hydroxylation sites is 1. The van der Waals surface area contributed by atoms with E-state index in [1.165, 1.54) is 11.8 Å². The minimum Gasteiger partial charge on any atom is -0.454 e. The third-order valence-electron chi connectivity index (χ3n) is 5.73. The number of ether oxygens (including phenoxy) is 2. The quantitative estimate of drug-likeness (QED) is 0.534. The second kappa shape index (κ2) is 9.23. The van der Waals surface area contributed by atoms with Gasteiger partial charge < -0.3 is 19.7 Å². The zero-order valence-corrected chi connectivity index (χ0v) is 19.3. The van der Waals surface area contributed by atoms with Crippen LogP contribution in [0.5, 0.6) is 11.5 Å². The zero-order valence-electron chi connectivity index (χ0n) is 18.4. The lowest BCUT2D eigenvalue weighted by molar-refractivity contribution is -0.121. The fraction of sp³-hybridized carbons (Fsp3) is 0.192. The van der Waals surface area contributed by atoms with Crippen molar-refractivity contribution in [1.82, 2.24) is 0 Å². The van der Waals surface area contributed by atoms with Crippen LogP contribution in [0.2, 0.25) is 0 Å². The Morgan fingerprint density at radius 1 is 1.03 bits per heavy atom. The number of thioether (sulfide) groups is 1. The van der Waals surface area contributed by atoms with Crippen LogP contribution in [0.3, 0.4) is 0 Å². The van der Waals surface area contributed by atoms with Gasteiger partial charge in [-0.05, 0) is 61.0 Å². The van der Waals surface area contributed by atoms with Gasteiger partial charge in [0.2, 0.25) is 18.6 Å². The number of carbonyl (C=O) groups excluding carboxylic acids is 3. The van der Waals surface area contributed by atoms with Crippen LogP contribution in [0.15, 0.2) is 71.6 Å². The van der Waals surface area contributed by atoms with Crippen LogP contribution >= 0.6 is 11.8 Å². The predicted molar refractivity (Wildman–Crippen MR) is 130 cm³/mol. The van der Waals surface area contributed by atoms with Crippen LogP contribution in [0.25, 0.3) is 0 Å². The number of Topliss-reactive ketones (excluding diaryl/α,β-unsaturated/α-hetero) is 1. The summed E-state index contributed by atoms with van der Waals surface area (Å²) in [6.45, 7) is 1.57. The van der Waals surface area contributed by atoms with Gasteiger partial charge in [-0.15, -0.1) is 11.8 Å². The van der Waals surface area contributed by atoms with Crippen molar-refractivity contribution in [3.05, 3.63) is 77.9 Å². The summed E-state index contributed by atoms with van der Waals surface area (Å²) >= 11 is 1.60. The fourth-order valence-electron chi connectivity index (χ4n) is 3.98. The van der Waals surface area contributed by atoms with Gasteiger partial charge in [0, 0.05) is 27.8 Å². The van der Waals surface area contributed by atoms with E-state index in [-0.39, 0.29) is 42.6 Å². The molecule has 0 radical (unpaired) electrons. The van der Waals surface area contributed by atoms with Gasteiger partial charge in [-0.3, -0.25) is 14.4 Å². The van der Waals surface area contributed by atoms with Gasteiger partial charge >= 0.3 is 0 Å². The first-order chi connectivity index (χ1) is 16.5. The van der Waals surface area contributed by atoms with Crippen molar-refractivity contribution < 1.29 is 23.9 Å². The SMILES string of the molecule is CC(=O)c1ccc(NC(=O)CN2C(=O)CC(c3ccc4c(c3)OCO4)Sc3ccccc32)cc1. The van der Waals surface area contributed by atoms with Crippen molar-refractivity contribution >= 4 is 40.7 Å². The molecule has 0 aromatic heterocycles. The predicted octanol–water partition coefficient (Wildman–Crippen LogP) is 4.83. The monoisotopic (exact) mass is 474 g/mol. The number of nitrogens with one attached hydrogen (secondary N) is 1. The fourth-order valence-corrected chi connectivity index (χ4v) is 5.25. The van der Waals surface area contributed by atoms with E-state index in [0.717, 1.165) is 10.5 Å². The van der Waals surface area contributed by atoms with Crippen molar-refractivity contribution in [1.29, 1.82) is 0 Å². The lowest BCUT2D eigenvalue weighted by Gasteiger charge is -2.22. The summed E-state index contributed by atoms with van der Waals surface area (Å²) in [7, 11) is 0. The molecular weight excluding hydrogens is 452 g/mol. The summed E-state index contributed by atoms with van der Waals surface area (Å²) in [6, 6.07) is 20.0. The van der Waals surface area contributed by atoms with Crippen LogP contribution in [-0.4, -0.2) is 30.9 Å². The molecule has 0 fully saturated rings. The Hall–Kier alpha value is -3.78. The maximum absolute atomic E-state index is 13.3. The van der Waals surface area contributed by atoms with E-state index < -0.39 is 0 Å². The van der Waals surface area contributed by atoms with Crippen molar-refractivity contribution in [3.63, 3.8) is 0 Å². The molecule has 0 spiro atoms. The molecule has 0 bridgehead atoms. The number of ketones is 1. The molecule has 3 aromatic rings. The highest BCUT2D eigenvalue weighted by Crippen LogP contribution is 2.47. The number of rotatable bonds is 5. The molecule has 2 heterocycles. The van der Waals surface area contributed by atoms with Crippen LogP contribution in [0.1, 0.15) is 34.5 Å². The summed E-state index contributed by atoms with van der Waals surface area (Å²) in [6.07, 6.45) is 0.236. The van der Waals surface area contributed by atoms with Gasteiger partial charge in [-0.1, -0.05) is 18.2 Å². The van der Waals surface area contributed by atoms with E-state index >= 15 is 0 Å². The maximum atomic E-state index is 13.3. The first kappa shape index (κ1) is 22.0. The molecule has 5 rings (SSSR count). The number of anilines is 2. The molecule has 1 N–H and O–H groups in total. The molecule has 7 nitrogen and oxygen atoms in total. The summed E-state index contributed by atoms with van der Waals surface area (Å²) in [5, 5.41) is 2.69. The zero-order chi connectivity index (χ0) is 23.7. The topological polar surface area (TPSA) is 84.9 Å². The molecule has 3 aromatic carbocycles. The Bertz CT molecular complexity index is 1270. The molecule has 0 saturated heterocycles. The second-order valence-electron chi connectivity index (χ2n) is 8.05. The molecule has 8 heteroatoms. The highest BCUT2D eigenvalue weighted by atomic mass is 32.2. The molecular formula is C26H22N2O5S. The van der Waals surface area contributed by atoms with Crippen molar-refractivity contribution in [3.8, 4) is 11.5 Å². The first-order valence-electron chi connectivity index (χ1n) is 10.8. The Labute approximate surface area is 201 Å². The summed E-state index contributed by atoms with van der Waals surface area (Å²) in [5.41, 5.74) is 2.82. The minimum absolute atomic E-state index is 0.0424. The highest BCUT2D eigenvalue weighted by molar-refractivity contribution is 7.99. The summed E-state index contributed by atoms with van der Waals surface area (Å²) in [4.78, 5) is 40.1. The third kappa shape index (κ3) is 4.49. The normalized spacial score (nSPS) is 16.6. The van der Waals surface area contributed by atoms with Gasteiger partial charge in [0.1, 0.15) is 6.54 Å². The number of carbonyl (C=O) groups is 3. The van der Waals surface area contributed by atoms with Crippen LogP contribution in [-0.2, 0) is 9.59 Å². The van der Waals surface area contributed by atoms with E-state index in [4.69, 9.17) is 9.47 Å². The lowest BCUT2D eigenvalue weighted by atomic mass is 10.1. The number of benzene rings is 3. The molecule has 34 heavy (non-hydrogen) atoms. The molecule has 2 aliphatic rings. The Morgan fingerprint density at radius 2 is 1.79 bits per heavy atom. The number of hydrogen-bond donors (Lipinski definition) is 1. The van der Waals surface area contributed by atoms with Crippen LogP contribution in [0, 0.1) is 0 Å². The largest absolute Gasteiger partial charge is 0.454 e. The lowest BCUT2D eigenvalue weighted by Crippen LogP contribution is -2.38. The van der Waals surface area contributed by atoms with E-state index in [1.54, 1.807) is 36.0 Å². The van der Waals surface area contributed by atoms with Crippen molar-refractivity contribution in [2.75, 3.05) is 23.6 Å². The molecule has 2 aliphatic heterocycles. The summed E-state index contributed by atoms with van der Waals surface area (Å²) in [5.74, 6) is 0.880. The van der Waals surface area contributed by atoms with E-state index in [0.29, 0.717) is 28.4 Å². The number of fused-ring (bicyclic) bond motifs is 2.